The molecule has 4 nitrogen and oxygen atoms in total. The van der Waals surface area contributed by atoms with Crippen LogP contribution in [0, 0.1) is 0 Å². The summed E-state index contributed by atoms with van der Waals surface area (Å²) in [6, 6.07) is 10.6. The number of benzene rings is 1. The second kappa shape index (κ2) is 6.40. The first-order valence-electron chi connectivity index (χ1n) is 9.48. The fourth-order valence-electron chi connectivity index (χ4n) is 4.88. The smallest absolute Gasteiger partial charge is 0.224 e. The van der Waals surface area contributed by atoms with Gasteiger partial charge in [-0.3, -0.25) is 4.79 Å². The summed E-state index contributed by atoms with van der Waals surface area (Å²) in [7, 11) is 2.02. The molecular weight excluding hydrogens is 298 g/mol. The van der Waals surface area contributed by atoms with Crippen LogP contribution in [0.4, 0.5) is 5.69 Å². The van der Waals surface area contributed by atoms with Gasteiger partial charge in [0.05, 0.1) is 0 Å². The van der Waals surface area contributed by atoms with Gasteiger partial charge in [-0.05, 0) is 50.7 Å². The molecule has 1 aromatic carbocycles. The van der Waals surface area contributed by atoms with Gasteiger partial charge in [-0.2, -0.15) is 0 Å². The van der Waals surface area contributed by atoms with E-state index in [1.807, 2.05) is 11.9 Å². The Hall–Kier alpha value is -1.55. The molecule has 1 aromatic rings. The summed E-state index contributed by atoms with van der Waals surface area (Å²) >= 11 is 0. The zero-order valence-electron chi connectivity index (χ0n) is 14.9. The van der Waals surface area contributed by atoms with Gasteiger partial charge in [0.25, 0.3) is 0 Å². The summed E-state index contributed by atoms with van der Waals surface area (Å²) in [4.78, 5) is 17.3. The standard InChI is InChI=1S/C20H29N3O/c1-14(23-10-9-15-5-3-4-6-19(15)23)11-20(24)22(2)18-12-16-7-8-17(13-18)21-16/h3-6,14,16-18,21H,7-13H2,1-2H3. The first-order valence-corrected chi connectivity index (χ1v) is 9.48. The van der Waals surface area contributed by atoms with Crippen LogP contribution in [-0.4, -0.2) is 48.6 Å². The number of amides is 1. The van der Waals surface area contributed by atoms with Crippen LogP contribution in [0.25, 0.3) is 0 Å². The minimum absolute atomic E-state index is 0.266. The number of hydrogen-bond acceptors (Lipinski definition) is 3. The SMILES string of the molecule is CC(CC(=O)N(C)C1CC2CCC(C1)N2)N1CCc2ccccc21. The molecule has 0 aliphatic carbocycles. The minimum Gasteiger partial charge on any atom is -0.368 e. The Balaban J connectivity index is 1.37. The van der Waals surface area contributed by atoms with Crippen LogP contribution in [0.2, 0.25) is 0 Å². The molecule has 3 atom stereocenters. The van der Waals surface area contributed by atoms with Gasteiger partial charge in [0.15, 0.2) is 0 Å². The maximum Gasteiger partial charge on any atom is 0.224 e. The van der Waals surface area contributed by atoms with Gasteiger partial charge in [-0.15, -0.1) is 0 Å². The van der Waals surface area contributed by atoms with E-state index in [9.17, 15) is 4.79 Å². The summed E-state index contributed by atoms with van der Waals surface area (Å²) in [5.41, 5.74) is 2.74. The van der Waals surface area contributed by atoms with E-state index in [1.165, 1.54) is 24.1 Å². The summed E-state index contributed by atoms with van der Waals surface area (Å²) < 4.78 is 0. The topological polar surface area (TPSA) is 35.6 Å². The van der Waals surface area contributed by atoms with Crippen molar-refractivity contribution in [2.45, 2.75) is 69.6 Å². The van der Waals surface area contributed by atoms with E-state index < -0.39 is 0 Å². The van der Waals surface area contributed by atoms with Gasteiger partial charge in [0.1, 0.15) is 0 Å². The van der Waals surface area contributed by atoms with Crippen molar-refractivity contribution in [3.8, 4) is 0 Å². The molecule has 0 saturated carbocycles. The van der Waals surface area contributed by atoms with E-state index >= 15 is 0 Å². The van der Waals surface area contributed by atoms with Crippen LogP contribution in [0.1, 0.15) is 44.6 Å². The van der Waals surface area contributed by atoms with Gasteiger partial charge in [-0.1, -0.05) is 18.2 Å². The molecule has 24 heavy (non-hydrogen) atoms. The Morgan fingerprint density at radius 1 is 1.29 bits per heavy atom. The number of nitrogens with zero attached hydrogens (tertiary/aromatic N) is 2. The third kappa shape index (κ3) is 2.92. The summed E-state index contributed by atoms with van der Waals surface area (Å²) in [6.45, 7) is 3.23. The maximum absolute atomic E-state index is 12.8. The molecule has 3 aliphatic heterocycles. The van der Waals surface area contributed by atoms with E-state index in [0.29, 0.717) is 30.5 Å². The third-order valence-corrected chi connectivity index (χ3v) is 6.31. The zero-order valence-corrected chi connectivity index (χ0v) is 14.9. The quantitative estimate of drug-likeness (QED) is 0.923. The van der Waals surface area contributed by atoms with Crippen LogP contribution >= 0.6 is 0 Å². The van der Waals surface area contributed by atoms with Gasteiger partial charge in [0.2, 0.25) is 5.91 Å². The molecule has 4 heteroatoms. The van der Waals surface area contributed by atoms with Crippen LogP contribution in [0.3, 0.4) is 0 Å². The highest BCUT2D eigenvalue weighted by Crippen LogP contribution is 2.32. The fraction of sp³-hybridized carbons (Fsp3) is 0.650. The van der Waals surface area contributed by atoms with Gasteiger partial charge in [-0.25, -0.2) is 0 Å². The molecule has 2 bridgehead atoms. The predicted octanol–water partition coefficient (Wildman–Crippen LogP) is 2.57. The summed E-state index contributed by atoms with van der Waals surface area (Å²) in [6.07, 6.45) is 6.53. The maximum atomic E-state index is 12.8. The highest BCUT2D eigenvalue weighted by atomic mass is 16.2. The average molecular weight is 327 g/mol. The van der Waals surface area contributed by atoms with Crippen molar-refractivity contribution in [2.75, 3.05) is 18.5 Å². The number of piperidine rings is 1. The number of carbonyl (C=O) groups excluding carboxylic acids is 1. The lowest BCUT2D eigenvalue weighted by molar-refractivity contribution is -0.133. The molecule has 3 aliphatic rings. The molecule has 4 rings (SSSR count). The van der Waals surface area contributed by atoms with Crippen LogP contribution < -0.4 is 10.2 Å². The van der Waals surface area contributed by atoms with Crippen molar-refractivity contribution in [3.05, 3.63) is 29.8 Å². The number of rotatable bonds is 4. The van der Waals surface area contributed by atoms with Crippen LogP contribution in [-0.2, 0) is 11.2 Å². The van der Waals surface area contributed by atoms with Crippen molar-refractivity contribution in [1.29, 1.82) is 0 Å². The molecule has 0 aromatic heterocycles. The normalized spacial score (nSPS) is 29.4. The van der Waals surface area contributed by atoms with Crippen molar-refractivity contribution in [3.63, 3.8) is 0 Å². The summed E-state index contributed by atoms with van der Waals surface area (Å²) in [5, 5.41) is 3.66. The molecule has 2 fully saturated rings. The Morgan fingerprint density at radius 3 is 2.75 bits per heavy atom. The molecule has 0 radical (unpaired) electrons. The highest BCUT2D eigenvalue weighted by Gasteiger charge is 2.36. The highest BCUT2D eigenvalue weighted by molar-refractivity contribution is 5.77. The number of anilines is 1. The summed E-state index contributed by atoms with van der Waals surface area (Å²) in [5.74, 6) is 0.304. The van der Waals surface area contributed by atoms with E-state index in [1.54, 1.807) is 0 Å². The van der Waals surface area contributed by atoms with Crippen molar-refractivity contribution >= 4 is 11.6 Å². The first-order chi connectivity index (χ1) is 11.6. The monoisotopic (exact) mass is 327 g/mol. The molecule has 2 saturated heterocycles. The van der Waals surface area contributed by atoms with E-state index in [0.717, 1.165) is 25.8 Å². The van der Waals surface area contributed by atoms with Gasteiger partial charge < -0.3 is 15.1 Å². The predicted molar refractivity (Wildman–Crippen MR) is 97.3 cm³/mol. The van der Waals surface area contributed by atoms with E-state index in [-0.39, 0.29) is 6.04 Å². The second-order valence-electron chi connectivity index (χ2n) is 7.89. The van der Waals surface area contributed by atoms with E-state index in [4.69, 9.17) is 0 Å². The molecule has 3 heterocycles. The zero-order chi connectivity index (χ0) is 16.7. The lowest BCUT2D eigenvalue weighted by Crippen LogP contribution is -2.49. The number of carbonyl (C=O) groups is 1. The number of hydrogen-bond donors (Lipinski definition) is 1. The Morgan fingerprint density at radius 2 is 2.00 bits per heavy atom. The van der Waals surface area contributed by atoms with E-state index in [2.05, 4.69) is 41.4 Å². The Labute approximate surface area is 145 Å². The number of para-hydroxylation sites is 1. The largest absolute Gasteiger partial charge is 0.368 e. The van der Waals surface area contributed by atoms with Crippen molar-refractivity contribution in [2.24, 2.45) is 0 Å². The molecule has 1 amide bonds. The lowest BCUT2D eigenvalue weighted by Gasteiger charge is -2.37. The Kier molecular flexibility index (Phi) is 4.25. The fourth-order valence-corrected chi connectivity index (χ4v) is 4.88. The molecule has 130 valence electrons. The van der Waals surface area contributed by atoms with Gasteiger partial charge >= 0.3 is 0 Å². The Bertz CT molecular complexity index is 605. The van der Waals surface area contributed by atoms with Crippen molar-refractivity contribution < 1.29 is 4.79 Å². The van der Waals surface area contributed by atoms with Gasteiger partial charge in [0, 0.05) is 49.9 Å². The van der Waals surface area contributed by atoms with Crippen molar-refractivity contribution in [1.82, 2.24) is 10.2 Å². The average Bonchev–Trinajstić information content (AvgIpc) is 3.17. The molecular formula is C20H29N3O. The molecule has 3 unspecified atom stereocenters. The minimum atomic E-state index is 0.266. The molecule has 0 spiro atoms. The number of fused-ring (bicyclic) bond motifs is 3. The lowest BCUT2D eigenvalue weighted by atomic mass is 9.98. The third-order valence-electron chi connectivity index (χ3n) is 6.31. The first kappa shape index (κ1) is 15.9. The van der Waals surface area contributed by atoms with Crippen LogP contribution in [0.15, 0.2) is 24.3 Å². The molecule has 1 N–H and O–H groups in total. The van der Waals surface area contributed by atoms with Crippen LogP contribution in [0.5, 0.6) is 0 Å². The number of nitrogens with one attached hydrogen (secondary N) is 1. The second-order valence-corrected chi connectivity index (χ2v) is 7.89.